The zero-order valence-electron chi connectivity index (χ0n) is 9.08. The molecule has 1 saturated heterocycles. The van der Waals surface area contributed by atoms with Crippen molar-refractivity contribution in [3.05, 3.63) is 0 Å². The Bertz CT molecular complexity index is 158. The zero-order chi connectivity index (χ0) is 10.4. The third kappa shape index (κ3) is 4.91. The Kier molecular flexibility index (Phi) is 5.67. The smallest absolute Gasteiger partial charge is 0.0833 e. The van der Waals surface area contributed by atoms with Crippen LogP contribution in [0.2, 0.25) is 0 Å². The zero-order valence-corrected chi connectivity index (χ0v) is 10.7. The molecule has 0 spiro atoms. The predicted molar refractivity (Wildman–Crippen MR) is 67.3 cm³/mol. The van der Waals surface area contributed by atoms with E-state index in [2.05, 4.69) is 5.32 Å². The highest BCUT2D eigenvalue weighted by molar-refractivity contribution is 7.99. The van der Waals surface area contributed by atoms with Crippen molar-refractivity contribution in [2.45, 2.75) is 18.9 Å². The van der Waals surface area contributed by atoms with Gasteiger partial charge < -0.3 is 10.4 Å². The van der Waals surface area contributed by atoms with Crippen LogP contribution in [0.3, 0.4) is 0 Å². The molecule has 0 aromatic heterocycles. The molecule has 1 fully saturated rings. The van der Waals surface area contributed by atoms with Crippen LogP contribution in [0.4, 0.5) is 0 Å². The molecule has 1 rings (SSSR count). The van der Waals surface area contributed by atoms with E-state index >= 15 is 0 Å². The summed E-state index contributed by atoms with van der Waals surface area (Å²) in [7, 11) is 0. The molecule has 0 aliphatic carbocycles. The highest BCUT2D eigenvalue weighted by atomic mass is 32.2. The molecule has 14 heavy (non-hydrogen) atoms. The van der Waals surface area contributed by atoms with E-state index in [0.717, 1.165) is 24.8 Å². The van der Waals surface area contributed by atoms with Crippen LogP contribution in [-0.4, -0.2) is 47.3 Å². The summed E-state index contributed by atoms with van der Waals surface area (Å²) in [5.41, 5.74) is -0.550. The van der Waals surface area contributed by atoms with Crippen molar-refractivity contribution in [3.8, 4) is 0 Å². The topological polar surface area (TPSA) is 32.3 Å². The average molecular weight is 235 g/mol. The van der Waals surface area contributed by atoms with Gasteiger partial charge in [0.1, 0.15) is 0 Å². The van der Waals surface area contributed by atoms with Gasteiger partial charge in [-0.3, -0.25) is 0 Å². The van der Waals surface area contributed by atoms with E-state index in [-0.39, 0.29) is 0 Å². The molecule has 2 N–H and O–H groups in total. The largest absolute Gasteiger partial charge is 0.388 e. The maximum absolute atomic E-state index is 9.90. The molecule has 0 aromatic carbocycles. The molecule has 0 aromatic rings. The van der Waals surface area contributed by atoms with E-state index in [9.17, 15) is 5.11 Å². The first-order valence-corrected chi connectivity index (χ1v) is 7.69. The molecule has 0 unspecified atom stereocenters. The standard InChI is InChI=1S/C10H21NOS2/c1-10(12,8-13-2)7-11-5-9-3-4-14-6-9/h9,11-12H,3-8H2,1-2H3/t9-,10+/m1/s1. The van der Waals surface area contributed by atoms with E-state index in [1.54, 1.807) is 11.8 Å². The summed E-state index contributed by atoms with van der Waals surface area (Å²) in [5.74, 6) is 4.23. The van der Waals surface area contributed by atoms with Gasteiger partial charge in [0.05, 0.1) is 5.60 Å². The van der Waals surface area contributed by atoms with Crippen LogP contribution in [0.25, 0.3) is 0 Å². The highest BCUT2D eigenvalue weighted by Gasteiger charge is 2.20. The monoisotopic (exact) mass is 235 g/mol. The second kappa shape index (κ2) is 6.26. The molecule has 2 nitrogen and oxygen atoms in total. The van der Waals surface area contributed by atoms with E-state index in [4.69, 9.17) is 0 Å². The number of hydrogen-bond donors (Lipinski definition) is 2. The molecule has 1 aliphatic rings. The van der Waals surface area contributed by atoms with Gasteiger partial charge in [0.25, 0.3) is 0 Å². The number of thioether (sulfide) groups is 2. The first-order valence-electron chi connectivity index (χ1n) is 5.14. The summed E-state index contributed by atoms with van der Waals surface area (Å²) in [6.45, 7) is 3.69. The molecule has 2 atom stereocenters. The van der Waals surface area contributed by atoms with Gasteiger partial charge in [-0.05, 0) is 43.6 Å². The van der Waals surface area contributed by atoms with Gasteiger partial charge in [-0.15, -0.1) is 0 Å². The molecule has 4 heteroatoms. The van der Waals surface area contributed by atoms with Crippen LogP contribution < -0.4 is 5.32 Å². The summed E-state index contributed by atoms with van der Waals surface area (Å²) in [4.78, 5) is 0. The second-order valence-corrected chi connectivity index (χ2v) is 6.31. The highest BCUT2D eigenvalue weighted by Crippen LogP contribution is 2.22. The van der Waals surface area contributed by atoms with Gasteiger partial charge in [0.2, 0.25) is 0 Å². The Balaban J connectivity index is 2.07. The third-order valence-corrected chi connectivity index (χ3v) is 4.56. The lowest BCUT2D eigenvalue weighted by Crippen LogP contribution is -2.41. The Morgan fingerprint density at radius 3 is 3.00 bits per heavy atom. The third-order valence-electron chi connectivity index (χ3n) is 2.42. The normalized spacial score (nSPS) is 26.4. The lowest BCUT2D eigenvalue weighted by molar-refractivity contribution is 0.0841. The average Bonchev–Trinajstić information content (AvgIpc) is 2.56. The summed E-state index contributed by atoms with van der Waals surface area (Å²) >= 11 is 3.74. The summed E-state index contributed by atoms with van der Waals surface area (Å²) in [6, 6.07) is 0. The number of nitrogens with one attached hydrogen (secondary N) is 1. The molecule has 1 aliphatic heterocycles. The Labute approximate surface area is 95.6 Å². The fourth-order valence-corrected chi connectivity index (χ4v) is 3.66. The molecule has 1 heterocycles. The maximum Gasteiger partial charge on any atom is 0.0833 e. The van der Waals surface area contributed by atoms with Crippen LogP contribution >= 0.6 is 23.5 Å². The lowest BCUT2D eigenvalue weighted by atomic mass is 10.1. The first kappa shape index (κ1) is 12.7. The van der Waals surface area contributed by atoms with E-state index in [1.807, 2.05) is 24.9 Å². The molecular weight excluding hydrogens is 214 g/mol. The minimum Gasteiger partial charge on any atom is -0.388 e. The van der Waals surface area contributed by atoms with Gasteiger partial charge in [-0.1, -0.05) is 0 Å². The first-order chi connectivity index (χ1) is 6.64. The van der Waals surface area contributed by atoms with Crippen LogP contribution in [0.1, 0.15) is 13.3 Å². The summed E-state index contributed by atoms with van der Waals surface area (Å²) in [6.07, 6.45) is 3.37. The minimum atomic E-state index is -0.550. The van der Waals surface area contributed by atoms with Gasteiger partial charge in [-0.25, -0.2) is 0 Å². The van der Waals surface area contributed by atoms with Gasteiger partial charge in [0.15, 0.2) is 0 Å². The van der Waals surface area contributed by atoms with Crippen LogP contribution in [0, 0.1) is 5.92 Å². The fourth-order valence-electron chi connectivity index (χ4n) is 1.65. The van der Waals surface area contributed by atoms with Crippen molar-refractivity contribution < 1.29 is 5.11 Å². The van der Waals surface area contributed by atoms with E-state index in [1.165, 1.54) is 17.9 Å². The number of aliphatic hydroxyl groups is 1. The van der Waals surface area contributed by atoms with Crippen molar-refractivity contribution >= 4 is 23.5 Å². The van der Waals surface area contributed by atoms with Gasteiger partial charge in [-0.2, -0.15) is 23.5 Å². The minimum absolute atomic E-state index is 0.550. The molecule has 0 radical (unpaired) electrons. The predicted octanol–water partition coefficient (Wildman–Crippen LogP) is 1.44. The maximum atomic E-state index is 9.90. The summed E-state index contributed by atoms with van der Waals surface area (Å²) < 4.78 is 0. The van der Waals surface area contributed by atoms with Gasteiger partial charge in [0, 0.05) is 12.3 Å². The van der Waals surface area contributed by atoms with Crippen molar-refractivity contribution in [1.82, 2.24) is 5.32 Å². The van der Waals surface area contributed by atoms with Gasteiger partial charge >= 0.3 is 0 Å². The Morgan fingerprint density at radius 1 is 1.64 bits per heavy atom. The van der Waals surface area contributed by atoms with Crippen molar-refractivity contribution in [1.29, 1.82) is 0 Å². The molecule has 84 valence electrons. The van der Waals surface area contributed by atoms with Crippen molar-refractivity contribution in [2.75, 3.05) is 36.6 Å². The quantitative estimate of drug-likeness (QED) is 0.730. The number of hydrogen-bond acceptors (Lipinski definition) is 4. The van der Waals surface area contributed by atoms with Crippen molar-refractivity contribution in [2.24, 2.45) is 5.92 Å². The van der Waals surface area contributed by atoms with E-state index in [0.29, 0.717) is 0 Å². The molecule has 0 saturated carbocycles. The van der Waals surface area contributed by atoms with E-state index < -0.39 is 5.60 Å². The summed E-state index contributed by atoms with van der Waals surface area (Å²) in [5, 5.41) is 13.3. The number of rotatable bonds is 6. The fraction of sp³-hybridized carbons (Fsp3) is 1.00. The second-order valence-electron chi connectivity index (χ2n) is 4.29. The van der Waals surface area contributed by atoms with Crippen LogP contribution in [-0.2, 0) is 0 Å². The van der Waals surface area contributed by atoms with Crippen molar-refractivity contribution in [3.63, 3.8) is 0 Å². The molecule has 0 bridgehead atoms. The lowest BCUT2D eigenvalue weighted by Gasteiger charge is -2.23. The SMILES string of the molecule is CSC[C@@](C)(O)CNC[C@H]1CCSC1. The Morgan fingerprint density at radius 2 is 2.43 bits per heavy atom. The Hall–Kier alpha value is 0.620. The molecular formula is C10H21NOS2. The van der Waals surface area contributed by atoms with Crippen LogP contribution in [0.15, 0.2) is 0 Å². The molecule has 0 amide bonds. The van der Waals surface area contributed by atoms with Crippen LogP contribution in [0.5, 0.6) is 0 Å².